The quantitative estimate of drug-likeness (QED) is 0.554. The normalized spacial score (nSPS) is 17.5. The number of rotatable bonds is 2. The fraction of sp³-hybridized carbons (Fsp3) is 0.444. The Morgan fingerprint density at radius 3 is 2.53 bits per heavy atom. The summed E-state index contributed by atoms with van der Waals surface area (Å²) in [6.07, 6.45) is 5.02. The van der Waals surface area contributed by atoms with Crippen molar-refractivity contribution in [1.29, 1.82) is 0 Å². The second-order valence-electron chi connectivity index (χ2n) is 10.2. The fourth-order valence-electron chi connectivity index (χ4n) is 5.09. The zero-order valence-corrected chi connectivity index (χ0v) is 19.4. The van der Waals surface area contributed by atoms with E-state index in [1.165, 1.54) is 33.3 Å². The van der Waals surface area contributed by atoms with E-state index in [0.29, 0.717) is 5.92 Å². The van der Waals surface area contributed by atoms with E-state index in [4.69, 9.17) is 4.74 Å². The number of carbonyl (C=O) groups is 1. The number of aromatic amines is 1. The van der Waals surface area contributed by atoms with Gasteiger partial charge in [0, 0.05) is 49.0 Å². The molecule has 2 aromatic carbocycles. The van der Waals surface area contributed by atoms with E-state index in [-0.39, 0.29) is 6.09 Å². The first-order chi connectivity index (χ1) is 15.4. The monoisotopic (exact) mass is 431 g/mol. The van der Waals surface area contributed by atoms with Crippen molar-refractivity contribution in [2.45, 2.75) is 58.1 Å². The molecule has 1 aromatic heterocycles. The summed E-state index contributed by atoms with van der Waals surface area (Å²) in [4.78, 5) is 20.2. The van der Waals surface area contributed by atoms with E-state index < -0.39 is 5.60 Å². The number of fused-ring (bicyclic) bond motifs is 2. The number of benzene rings is 2. The Bertz CT molecular complexity index is 1120. The van der Waals surface area contributed by atoms with E-state index in [1.54, 1.807) is 0 Å². The summed E-state index contributed by atoms with van der Waals surface area (Å²) in [6.45, 7) is 9.27. The Morgan fingerprint density at radius 2 is 1.78 bits per heavy atom. The summed E-state index contributed by atoms with van der Waals surface area (Å²) in [7, 11) is 0. The van der Waals surface area contributed by atoms with Gasteiger partial charge in [0.15, 0.2) is 0 Å². The molecule has 0 unspecified atom stereocenters. The van der Waals surface area contributed by atoms with Gasteiger partial charge in [-0.05, 0) is 74.8 Å². The summed E-state index contributed by atoms with van der Waals surface area (Å²) < 4.78 is 5.54. The first-order valence-electron chi connectivity index (χ1n) is 11.8. The van der Waals surface area contributed by atoms with Crippen LogP contribution < -0.4 is 4.90 Å². The number of likely N-dealkylation sites (tertiary alicyclic amines) is 1. The number of aromatic nitrogens is 1. The highest BCUT2D eigenvalue weighted by molar-refractivity contribution is 5.87. The van der Waals surface area contributed by atoms with Crippen molar-refractivity contribution in [3.8, 4) is 0 Å². The molecule has 5 rings (SSSR count). The van der Waals surface area contributed by atoms with Crippen molar-refractivity contribution in [2.75, 3.05) is 24.5 Å². The van der Waals surface area contributed by atoms with Gasteiger partial charge in [-0.1, -0.05) is 30.3 Å². The predicted octanol–water partition coefficient (Wildman–Crippen LogP) is 5.85. The molecule has 0 aliphatic carbocycles. The van der Waals surface area contributed by atoms with Crippen molar-refractivity contribution in [1.82, 2.24) is 9.88 Å². The molecule has 3 heterocycles. The van der Waals surface area contributed by atoms with Crippen LogP contribution in [0.15, 0.2) is 48.7 Å². The molecule has 0 bridgehead atoms. The van der Waals surface area contributed by atoms with Gasteiger partial charge in [-0.25, -0.2) is 4.79 Å². The van der Waals surface area contributed by atoms with Gasteiger partial charge in [0.1, 0.15) is 5.60 Å². The summed E-state index contributed by atoms with van der Waals surface area (Å²) >= 11 is 0. The first-order valence-corrected chi connectivity index (χ1v) is 11.8. The van der Waals surface area contributed by atoms with Crippen LogP contribution >= 0.6 is 0 Å². The number of amides is 1. The lowest BCUT2D eigenvalue weighted by atomic mass is 9.89. The van der Waals surface area contributed by atoms with Gasteiger partial charge in [0.25, 0.3) is 0 Å². The van der Waals surface area contributed by atoms with Crippen molar-refractivity contribution in [3.63, 3.8) is 0 Å². The van der Waals surface area contributed by atoms with E-state index in [1.807, 2.05) is 25.7 Å². The van der Waals surface area contributed by atoms with Crippen molar-refractivity contribution < 1.29 is 9.53 Å². The minimum Gasteiger partial charge on any atom is -0.444 e. The number of ether oxygens (including phenoxy) is 1. The summed E-state index contributed by atoms with van der Waals surface area (Å²) in [5.74, 6) is 0.468. The fourth-order valence-corrected chi connectivity index (χ4v) is 5.09. The number of hydrogen-bond acceptors (Lipinski definition) is 3. The molecule has 0 spiro atoms. The van der Waals surface area contributed by atoms with Crippen LogP contribution in [-0.2, 0) is 17.7 Å². The van der Waals surface area contributed by atoms with Crippen LogP contribution in [0.1, 0.15) is 56.2 Å². The second-order valence-corrected chi connectivity index (χ2v) is 10.2. The molecule has 2 aliphatic heterocycles. The van der Waals surface area contributed by atoms with Crippen molar-refractivity contribution >= 4 is 22.7 Å². The summed E-state index contributed by atoms with van der Waals surface area (Å²) in [5, 5.41) is 1.31. The highest BCUT2D eigenvalue weighted by Crippen LogP contribution is 2.35. The molecular formula is C27H33N3O2. The number of hydrogen-bond donors (Lipinski definition) is 1. The number of H-pyrrole nitrogens is 1. The van der Waals surface area contributed by atoms with Crippen molar-refractivity contribution in [2.24, 2.45) is 0 Å². The van der Waals surface area contributed by atoms with Crippen LogP contribution in [0.2, 0.25) is 0 Å². The van der Waals surface area contributed by atoms with E-state index >= 15 is 0 Å². The van der Waals surface area contributed by atoms with Gasteiger partial charge in [0.2, 0.25) is 0 Å². The number of piperidine rings is 1. The number of carbonyl (C=O) groups excluding carboxylic acids is 1. The van der Waals surface area contributed by atoms with Gasteiger partial charge in [-0.2, -0.15) is 0 Å². The number of nitrogens with one attached hydrogen (secondary N) is 1. The number of nitrogens with zero attached hydrogens (tertiary/aromatic N) is 2. The Morgan fingerprint density at radius 1 is 1.03 bits per heavy atom. The third kappa shape index (κ3) is 4.21. The second kappa shape index (κ2) is 8.19. The lowest BCUT2D eigenvalue weighted by molar-refractivity contribution is 0.0205. The SMILES string of the molecule is CC(C)(C)OC(=O)N1CCC(c2c[nH]c3cc(N4CCc5ccccc5C4)ccc23)CC1. The van der Waals surface area contributed by atoms with Gasteiger partial charge < -0.3 is 19.5 Å². The highest BCUT2D eigenvalue weighted by Gasteiger charge is 2.28. The van der Waals surface area contributed by atoms with Crippen LogP contribution in [0, 0.1) is 0 Å². The third-order valence-corrected chi connectivity index (χ3v) is 6.78. The molecule has 1 amide bonds. The molecule has 5 heteroatoms. The smallest absolute Gasteiger partial charge is 0.410 e. The average molecular weight is 432 g/mol. The molecule has 32 heavy (non-hydrogen) atoms. The van der Waals surface area contributed by atoms with E-state index in [9.17, 15) is 4.79 Å². The lowest BCUT2D eigenvalue weighted by Gasteiger charge is -2.33. The maximum atomic E-state index is 12.4. The molecule has 168 valence electrons. The van der Waals surface area contributed by atoms with Gasteiger partial charge in [0.05, 0.1) is 0 Å². The zero-order valence-electron chi connectivity index (χ0n) is 19.4. The minimum atomic E-state index is -0.446. The average Bonchev–Trinajstić information content (AvgIpc) is 3.21. The van der Waals surface area contributed by atoms with Crippen LogP contribution in [0.4, 0.5) is 10.5 Å². The van der Waals surface area contributed by atoms with Gasteiger partial charge >= 0.3 is 6.09 Å². The molecule has 2 aliphatic rings. The molecule has 3 aromatic rings. The van der Waals surface area contributed by atoms with Crippen LogP contribution in [0.25, 0.3) is 10.9 Å². The molecule has 5 nitrogen and oxygen atoms in total. The maximum Gasteiger partial charge on any atom is 0.410 e. The molecule has 0 radical (unpaired) electrons. The standard InChI is InChI=1S/C27H33N3O2/c1-27(2,3)32-26(31)29-13-11-20(12-14-29)24-17-28-25-16-22(8-9-23(24)25)30-15-10-19-6-4-5-7-21(19)18-30/h4-9,16-17,20,28H,10-15,18H2,1-3H3. The van der Waals surface area contributed by atoms with Crippen LogP contribution in [0.3, 0.4) is 0 Å². The summed E-state index contributed by atoms with van der Waals surface area (Å²) in [5.41, 5.74) is 6.32. The molecule has 1 saturated heterocycles. The Kier molecular flexibility index (Phi) is 5.36. The topological polar surface area (TPSA) is 48.6 Å². The predicted molar refractivity (Wildman–Crippen MR) is 129 cm³/mol. The van der Waals surface area contributed by atoms with E-state index in [2.05, 4.69) is 58.5 Å². The third-order valence-electron chi connectivity index (χ3n) is 6.78. The van der Waals surface area contributed by atoms with Gasteiger partial charge in [-0.15, -0.1) is 0 Å². The lowest BCUT2D eigenvalue weighted by Crippen LogP contribution is -2.41. The summed E-state index contributed by atoms with van der Waals surface area (Å²) in [6, 6.07) is 15.6. The molecular weight excluding hydrogens is 398 g/mol. The Hall–Kier alpha value is -2.95. The molecule has 1 N–H and O–H groups in total. The molecule has 1 fully saturated rings. The zero-order chi connectivity index (χ0) is 22.3. The largest absolute Gasteiger partial charge is 0.444 e. The molecule has 0 atom stereocenters. The first kappa shape index (κ1) is 20.9. The van der Waals surface area contributed by atoms with Gasteiger partial charge in [-0.3, -0.25) is 0 Å². The Balaban J connectivity index is 1.28. The van der Waals surface area contributed by atoms with Crippen LogP contribution in [0.5, 0.6) is 0 Å². The Labute approximate surface area is 190 Å². The molecule has 0 saturated carbocycles. The maximum absolute atomic E-state index is 12.4. The number of anilines is 1. The highest BCUT2D eigenvalue weighted by atomic mass is 16.6. The van der Waals surface area contributed by atoms with Crippen LogP contribution in [-0.4, -0.2) is 41.2 Å². The van der Waals surface area contributed by atoms with E-state index in [0.717, 1.165) is 45.4 Å². The minimum absolute atomic E-state index is 0.192. The van der Waals surface area contributed by atoms with Crippen molar-refractivity contribution in [3.05, 3.63) is 65.4 Å².